The first kappa shape index (κ1) is 11.8. The van der Waals surface area contributed by atoms with Crippen molar-refractivity contribution in [3.8, 4) is 11.3 Å². The molecule has 0 fully saturated rings. The van der Waals surface area contributed by atoms with E-state index < -0.39 is 11.7 Å². The van der Waals surface area contributed by atoms with Crippen LogP contribution in [0.4, 0.5) is 13.2 Å². The highest BCUT2D eigenvalue weighted by atomic mass is 19.4. The first-order chi connectivity index (χ1) is 8.97. The summed E-state index contributed by atoms with van der Waals surface area (Å²) < 4.78 is 38.6. The third kappa shape index (κ3) is 1.87. The van der Waals surface area contributed by atoms with E-state index in [2.05, 4.69) is 20.2 Å². The number of hydrogen-bond acceptors (Lipinski definition) is 2. The van der Waals surface area contributed by atoms with Gasteiger partial charge in [0.15, 0.2) is 0 Å². The van der Waals surface area contributed by atoms with Gasteiger partial charge < -0.3 is 4.98 Å². The van der Waals surface area contributed by atoms with Crippen molar-refractivity contribution in [1.29, 1.82) is 0 Å². The Hall–Kier alpha value is -2.31. The predicted molar refractivity (Wildman–Crippen MR) is 63.4 cm³/mol. The minimum Gasteiger partial charge on any atom is -0.348 e. The molecule has 4 nitrogen and oxygen atoms in total. The number of aromatic nitrogens is 4. The van der Waals surface area contributed by atoms with Crippen LogP contribution in [0.3, 0.4) is 0 Å². The molecular weight excluding hydrogens is 257 g/mol. The van der Waals surface area contributed by atoms with Crippen LogP contribution in [0.2, 0.25) is 0 Å². The molecule has 3 rings (SSSR count). The van der Waals surface area contributed by atoms with Crippen molar-refractivity contribution >= 4 is 10.9 Å². The molecule has 0 aliphatic rings. The number of aromatic amines is 2. The Labute approximate surface area is 105 Å². The van der Waals surface area contributed by atoms with Gasteiger partial charge in [-0.05, 0) is 19.1 Å². The van der Waals surface area contributed by atoms with Gasteiger partial charge in [-0.15, -0.1) is 0 Å². The first-order valence-corrected chi connectivity index (χ1v) is 5.51. The SMILES string of the molecule is Cc1[nH]cnc1-c1cc(C(F)(F)F)cc2[nH]ncc12. The van der Waals surface area contributed by atoms with Gasteiger partial charge in [-0.2, -0.15) is 18.3 Å². The number of fused-ring (bicyclic) bond motifs is 1. The Morgan fingerprint density at radius 3 is 2.63 bits per heavy atom. The lowest BCUT2D eigenvalue weighted by Gasteiger charge is -2.09. The van der Waals surface area contributed by atoms with E-state index >= 15 is 0 Å². The summed E-state index contributed by atoms with van der Waals surface area (Å²) in [5.41, 5.74) is 1.24. The van der Waals surface area contributed by atoms with Crippen LogP contribution < -0.4 is 0 Å². The third-order valence-corrected chi connectivity index (χ3v) is 2.97. The molecule has 19 heavy (non-hydrogen) atoms. The fraction of sp³-hybridized carbons (Fsp3) is 0.167. The van der Waals surface area contributed by atoms with Gasteiger partial charge in [0.1, 0.15) is 0 Å². The lowest BCUT2D eigenvalue weighted by molar-refractivity contribution is -0.137. The maximum absolute atomic E-state index is 12.9. The zero-order valence-corrected chi connectivity index (χ0v) is 9.84. The molecule has 0 aliphatic heterocycles. The van der Waals surface area contributed by atoms with Crippen LogP contribution in [0, 0.1) is 6.92 Å². The number of nitrogens with one attached hydrogen (secondary N) is 2. The van der Waals surface area contributed by atoms with Crippen molar-refractivity contribution in [3.05, 3.63) is 35.9 Å². The molecule has 0 bridgehead atoms. The molecule has 0 amide bonds. The molecule has 0 aliphatic carbocycles. The topological polar surface area (TPSA) is 57.4 Å². The van der Waals surface area contributed by atoms with E-state index in [4.69, 9.17) is 0 Å². The Morgan fingerprint density at radius 1 is 1.21 bits per heavy atom. The summed E-state index contributed by atoms with van der Waals surface area (Å²) in [6.45, 7) is 1.76. The van der Waals surface area contributed by atoms with Crippen LogP contribution >= 0.6 is 0 Å². The summed E-state index contributed by atoms with van der Waals surface area (Å²) in [6.07, 6.45) is -1.45. The molecule has 0 atom stereocenters. The van der Waals surface area contributed by atoms with Gasteiger partial charge in [-0.25, -0.2) is 4.98 Å². The smallest absolute Gasteiger partial charge is 0.348 e. The standard InChI is InChI=1S/C12H9F3N4/c1-6-11(17-5-16-6)8-2-7(12(13,14)15)3-10-9(8)4-18-19-10/h2-5H,1H3,(H,16,17)(H,18,19). The normalized spacial score (nSPS) is 12.2. The Balaban J connectivity index is 2.34. The zero-order valence-electron chi connectivity index (χ0n) is 9.84. The molecule has 1 aromatic carbocycles. The maximum atomic E-state index is 12.9. The number of imidazole rings is 1. The van der Waals surface area contributed by atoms with E-state index in [1.165, 1.54) is 12.5 Å². The first-order valence-electron chi connectivity index (χ1n) is 5.51. The molecule has 0 saturated heterocycles. The average Bonchev–Trinajstić information content (AvgIpc) is 2.94. The molecular formula is C12H9F3N4. The van der Waals surface area contributed by atoms with Crippen molar-refractivity contribution in [2.75, 3.05) is 0 Å². The Morgan fingerprint density at radius 2 is 2.00 bits per heavy atom. The molecule has 0 unspecified atom stereocenters. The summed E-state index contributed by atoms with van der Waals surface area (Å²) in [4.78, 5) is 6.93. The van der Waals surface area contributed by atoms with Gasteiger partial charge in [-0.3, -0.25) is 5.10 Å². The van der Waals surface area contributed by atoms with E-state index in [0.29, 0.717) is 27.9 Å². The highest BCUT2D eigenvalue weighted by Gasteiger charge is 2.32. The van der Waals surface area contributed by atoms with Crippen LogP contribution in [0.25, 0.3) is 22.2 Å². The van der Waals surface area contributed by atoms with Crippen LogP contribution in [-0.2, 0) is 6.18 Å². The number of rotatable bonds is 1. The zero-order chi connectivity index (χ0) is 13.6. The van der Waals surface area contributed by atoms with Crippen LogP contribution in [-0.4, -0.2) is 20.2 Å². The van der Waals surface area contributed by atoms with Crippen molar-refractivity contribution < 1.29 is 13.2 Å². The maximum Gasteiger partial charge on any atom is 0.416 e. The van der Waals surface area contributed by atoms with E-state index in [0.717, 1.165) is 12.1 Å². The average molecular weight is 266 g/mol. The van der Waals surface area contributed by atoms with Crippen molar-refractivity contribution in [2.24, 2.45) is 0 Å². The lowest BCUT2D eigenvalue weighted by atomic mass is 10.0. The Bertz CT molecular complexity index is 739. The fourth-order valence-corrected chi connectivity index (χ4v) is 2.04. The molecule has 0 radical (unpaired) electrons. The molecule has 2 heterocycles. The molecule has 0 saturated carbocycles. The monoisotopic (exact) mass is 266 g/mol. The second-order valence-corrected chi connectivity index (χ2v) is 4.23. The number of aryl methyl sites for hydroxylation is 1. The van der Waals surface area contributed by atoms with Crippen molar-refractivity contribution in [3.63, 3.8) is 0 Å². The highest BCUT2D eigenvalue weighted by Crippen LogP contribution is 2.36. The molecule has 2 N–H and O–H groups in total. The molecule has 98 valence electrons. The minimum atomic E-state index is -4.40. The number of H-pyrrole nitrogens is 2. The van der Waals surface area contributed by atoms with Crippen LogP contribution in [0.5, 0.6) is 0 Å². The van der Waals surface area contributed by atoms with Gasteiger partial charge in [-0.1, -0.05) is 0 Å². The third-order valence-electron chi connectivity index (χ3n) is 2.97. The van der Waals surface area contributed by atoms with Gasteiger partial charge in [0.25, 0.3) is 0 Å². The van der Waals surface area contributed by atoms with E-state index in [9.17, 15) is 13.2 Å². The van der Waals surface area contributed by atoms with Gasteiger partial charge in [0, 0.05) is 16.6 Å². The van der Waals surface area contributed by atoms with Gasteiger partial charge in [0.05, 0.1) is 29.3 Å². The predicted octanol–water partition coefficient (Wildman–Crippen LogP) is 3.28. The fourth-order valence-electron chi connectivity index (χ4n) is 2.04. The summed E-state index contributed by atoms with van der Waals surface area (Å²) >= 11 is 0. The summed E-state index contributed by atoms with van der Waals surface area (Å²) in [5.74, 6) is 0. The second kappa shape index (κ2) is 3.84. The lowest BCUT2D eigenvalue weighted by Crippen LogP contribution is -2.05. The largest absolute Gasteiger partial charge is 0.416 e. The summed E-state index contributed by atoms with van der Waals surface area (Å²) in [5, 5.41) is 6.97. The van der Waals surface area contributed by atoms with E-state index in [1.807, 2.05) is 0 Å². The molecule has 0 spiro atoms. The number of halogens is 3. The summed E-state index contributed by atoms with van der Waals surface area (Å²) in [7, 11) is 0. The minimum absolute atomic E-state index is 0.340. The van der Waals surface area contributed by atoms with Gasteiger partial charge in [0.2, 0.25) is 0 Å². The molecule has 2 aromatic heterocycles. The number of benzene rings is 1. The van der Waals surface area contributed by atoms with Crippen molar-refractivity contribution in [1.82, 2.24) is 20.2 Å². The van der Waals surface area contributed by atoms with Crippen LogP contribution in [0.1, 0.15) is 11.3 Å². The number of alkyl halides is 3. The van der Waals surface area contributed by atoms with Crippen molar-refractivity contribution in [2.45, 2.75) is 13.1 Å². The number of hydrogen-bond donors (Lipinski definition) is 2. The second-order valence-electron chi connectivity index (χ2n) is 4.23. The van der Waals surface area contributed by atoms with Gasteiger partial charge >= 0.3 is 6.18 Å². The quantitative estimate of drug-likeness (QED) is 0.710. The summed E-state index contributed by atoms with van der Waals surface area (Å²) in [6, 6.07) is 2.15. The number of nitrogens with zero attached hydrogens (tertiary/aromatic N) is 2. The van der Waals surface area contributed by atoms with Crippen LogP contribution in [0.15, 0.2) is 24.7 Å². The van der Waals surface area contributed by atoms with E-state index in [-0.39, 0.29) is 0 Å². The molecule has 7 heteroatoms. The highest BCUT2D eigenvalue weighted by molar-refractivity contribution is 5.94. The Kier molecular flexibility index (Phi) is 2.38. The molecule has 3 aromatic rings. The van der Waals surface area contributed by atoms with E-state index in [1.54, 1.807) is 6.92 Å².